The van der Waals surface area contributed by atoms with Crippen molar-refractivity contribution in [2.24, 2.45) is 0 Å². The summed E-state index contributed by atoms with van der Waals surface area (Å²) in [5.74, 6) is 0.194. The molecule has 2 aromatic rings. The van der Waals surface area contributed by atoms with Crippen LogP contribution in [0, 0.1) is 11.3 Å². The number of carbonyl (C=O) groups excluding carboxylic acids is 1. The normalized spacial score (nSPS) is 10.8. The molecule has 0 atom stereocenters. The Balaban J connectivity index is 2.23. The van der Waals surface area contributed by atoms with Gasteiger partial charge in [-0.1, -0.05) is 17.7 Å². The fourth-order valence-electron chi connectivity index (χ4n) is 2.41. The number of nitriles is 1. The average Bonchev–Trinajstić information content (AvgIpc) is 2.67. The summed E-state index contributed by atoms with van der Waals surface area (Å²) in [6.07, 6.45) is 0. The highest BCUT2D eigenvalue weighted by Gasteiger charge is 2.20. The Hall–Kier alpha value is -2.75. The van der Waals surface area contributed by atoms with Crippen LogP contribution in [0.4, 0.5) is 5.69 Å². The lowest BCUT2D eigenvalue weighted by molar-refractivity contribution is 0.0951. The van der Waals surface area contributed by atoms with Gasteiger partial charge in [-0.25, -0.2) is 0 Å². The number of hydrogen-bond donors (Lipinski definition) is 3. The van der Waals surface area contributed by atoms with Crippen LogP contribution in [0.25, 0.3) is 0 Å². The van der Waals surface area contributed by atoms with Gasteiger partial charge in [0.2, 0.25) is 0 Å². The fraction of sp³-hybridized carbons (Fsp3) is 0.300. The molecule has 6 nitrogen and oxygen atoms in total. The molecule has 27 heavy (non-hydrogen) atoms. The third kappa shape index (κ3) is 5.36. The van der Waals surface area contributed by atoms with Crippen LogP contribution in [0.5, 0.6) is 5.75 Å². The molecule has 0 heterocycles. The monoisotopic (exact) mass is 387 g/mol. The molecule has 0 unspecified atom stereocenters. The Morgan fingerprint density at radius 1 is 1.30 bits per heavy atom. The van der Waals surface area contributed by atoms with Crippen LogP contribution in [0.1, 0.15) is 35.3 Å². The Bertz CT molecular complexity index is 875. The number of nitrogens with one attached hydrogen (secondary N) is 2. The lowest BCUT2D eigenvalue weighted by Gasteiger charge is -2.26. The van der Waals surface area contributed by atoms with E-state index < -0.39 is 5.54 Å². The second-order valence-electron chi connectivity index (χ2n) is 6.69. The van der Waals surface area contributed by atoms with Crippen LogP contribution in [0.3, 0.4) is 0 Å². The number of ether oxygens (including phenoxy) is 1. The van der Waals surface area contributed by atoms with Crippen molar-refractivity contribution in [3.63, 3.8) is 0 Å². The fourth-order valence-corrected chi connectivity index (χ4v) is 2.60. The Kier molecular flexibility index (Phi) is 6.67. The zero-order chi connectivity index (χ0) is 20.0. The van der Waals surface area contributed by atoms with Gasteiger partial charge in [-0.2, -0.15) is 5.26 Å². The lowest BCUT2D eigenvalue weighted by Crippen LogP contribution is -2.36. The van der Waals surface area contributed by atoms with E-state index in [1.807, 2.05) is 19.9 Å². The number of amides is 1. The molecule has 0 bridgehead atoms. The number of nitrogens with zero attached hydrogens (tertiary/aromatic N) is 1. The molecule has 142 valence electrons. The first-order valence-electron chi connectivity index (χ1n) is 8.33. The van der Waals surface area contributed by atoms with Gasteiger partial charge in [-0.3, -0.25) is 4.79 Å². The number of anilines is 1. The van der Waals surface area contributed by atoms with Crippen LogP contribution in [-0.2, 0) is 6.54 Å². The van der Waals surface area contributed by atoms with Crippen molar-refractivity contribution >= 4 is 23.2 Å². The summed E-state index contributed by atoms with van der Waals surface area (Å²) in [7, 11) is 1.53. The lowest BCUT2D eigenvalue weighted by atomic mass is 10.0. The number of aliphatic hydroxyl groups excluding tert-OH is 1. The number of methoxy groups -OCH3 is 1. The Morgan fingerprint density at radius 2 is 2.04 bits per heavy atom. The Labute approximate surface area is 163 Å². The van der Waals surface area contributed by atoms with Gasteiger partial charge in [0.15, 0.2) is 0 Å². The molecule has 1 amide bonds. The van der Waals surface area contributed by atoms with Gasteiger partial charge in [0.25, 0.3) is 5.91 Å². The van der Waals surface area contributed by atoms with E-state index in [-0.39, 0.29) is 19.1 Å². The predicted octanol–water partition coefficient (Wildman–Crippen LogP) is 3.33. The van der Waals surface area contributed by atoms with E-state index >= 15 is 0 Å². The molecule has 0 aliphatic carbocycles. The summed E-state index contributed by atoms with van der Waals surface area (Å²) in [5, 5.41) is 25.1. The highest BCUT2D eigenvalue weighted by molar-refractivity contribution is 6.32. The molecule has 2 aromatic carbocycles. The van der Waals surface area contributed by atoms with Crippen molar-refractivity contribution < 1.29 is 14.6 Å². The molecule has 0 aliphatic heterocycles. The first kappa shape index (κ1) is 20.6. The molecule has 0 saturated carbocycles. The number of benzene rings is 2. The summed E-state index contributed by atoms with van der Waals surface area (Å²) in [6.45, 7) is 3.78. The van der Waals surface area contributed by atoms with Gasteiger partial charge >= 0.3 is 0 Å². The highest BCUT2D eigenvalue weighted by Crippen LogP contribution is 2.25. The van der Waals surface area contributed by atoms with Crippen molar-refractivity contribution in [1.29, 1.82) is 5.26 Å². The van der Waals surface area contributed by atoms with Gasteiger partial charge in [-0.15, -0.1) is 0 Å². The first-order chi connectivity index (χ1) is 12.8. The predicted molar refractivity (Wildman–Crippen MR) is 105 cm³/mol. The summed E-state index contributed by atoms with van der Waals surface area (Å²) in [4.78, 5) is 12.7. The van der Waals surface area contributed by atoms with Crippen molar-refractivity contribution in [1.82, 2.24) is 5.32 Å². The molecule has 3 N–H and O–H groups in total. The molecule has 0 aromatic heterocycles. The molecule has 0 fully saturated rings. The molecule has 0 aliphatic rings. The van der Waals surface area contributed by atoms with Crippen LogP contribution in [0.2, 0.25) is 5.02 Å². The molecule has 7 heteroatoms. The SMILES string of the molecule is COc1cc(CNC(=O)c2cc(C#N)ccc2NC(C)(C)CO)ccc1Cl. The van der Waals surface area contributed by atoms with Gasteiger partial charge in [0.1, 0.15) is 5.75 Å². The largest absolute Gasteiger partial charge is 0.495 e. The van der Waals surface area contributed by atoms with Crippen LogP contribution in [0.15, 0.2) is 36.4 Å². The first-order valence-corrected chi connectivity index (χ1v) is 8.71. The number of halogens is 1. The van der Waals surface area contributed by atoms with E-state index in [2.05, 4.69) is 10.6 Å². The Morgan fingerprint density at radius 3 is 2.67 bits per heavy atom. The molecular weight excluding hydrogens is 366 g/mol. The van der Waals surface area contributed by atoms with E-state index in [0.717, 1.165) is 5.56 Å². The minimum Gasteiger partial charge on any atom is -0.495 e. The number of rotatable bonds is 7. The maximum absolute atomic E-state index is 12.7. The van der Waals surface area contributed by atoms with E-state index in [9.17, 15) is 9.90 Å². The minimum atomic E-state index is -0.618. The maximum Gasteiger partial charge on any atom is 0.253 e. The molecule has 0 radical (unpaired) electrons. The van der Waals surface area contributed by atoms with Crippen LogP contribution < -0.4 is 15.4 Å². The van der Waals surface area contributed by atoms with Gasteiger partial charge in [0.05, 0.1) is 41.5 Å². The third-order valence-electron chi connectivity index (χ3n) is 3.93. The van der Waals surface area contributed by atoms with Crippen molar-refractivity contribution in [3.05, 3.63) is 58.1 Å². The van der Waals surface area contributed by atoms with E-state index in [1.165, 1.54) is 13.2 Å². The van der Waals surface area contributed by atoms with Gasteiger partial charge in [-0.05, 0) is 49.7 Å². The molecule has 0 spiro atoms. The summed E-state index contributed by atoms with van der Waals surface area (Å²) in [6, 6.07) is 12.1. The quantitative estimate of drug-likeness (QED) is 0.677. The average molecular weight is 388 g/mol. The minimum absolute atomic E-state index is 0.112. The topological polar surface area (TPSA) is 94.4 Å². The third-order valence-corrected chi connectivity index (χ3v) is 4.24. The summed E-state index contributed by atoms with van der Waals surface area (Å²) >= 11 is 6.01. The summed E-state index contributed by atoms with van der Waals surface area (Å²) < 4.78 is 5.18. The van der Waals surface area contributed by atoms with E-state index in [4.69, 9.17) is 21.6 Å². The molecule has 0 saturated heterocycles. The van der Waals surface area contributed by atoms with Crippen molar-refractivity contribution in [3.8, 4) is 11.8 Å². The zero-order valence-electron chi connectivity index (χ0n) is 15.5. The van der Waals surface area contributed by atoms with E-state index in [1.54, 1.807) is 30.3 Å². The zero-order valence-corrected chi connectivity index (χ0v) is 16.2. The second kappa shape index (κ2) is 8.76. The standard InChI is InChI=1S/C20H22ClN3O3/c1-20(2,12-25)24-17-7-5-13(10-22)8-15(17)19(26)23-11-14-4-6-16(21)18(9-14)27-3/h4-9,24-25H,11-12H2,1-3H3,(H,23,26). The molecular formula is C20H22ClN3O3. The summed E-state index contributed by atoms with van der Waals surface area (Å²) in [5.41, 5.74) is 1.45. The van der Waals surface area contributed by atoms with Crippen molar-refractivity contribution in [2.45, 2.75) is 25.9 Å². The smallest absolute Gasteiger partial charge is 0.253 e. The van der Waals surface area contributed by atoms with Crippen LogP contribution in [-0.4, -0.2) is 30.3 Å². The van der Waals surface area contributed by atoms with Crippen LogP contribution >= 0.6 is 11.6 Å². The van der Waals surface area contributed by atoms with Crippen molar-refractivity contribution in [2.75, 3.05) is 19.0 Å². The second-order valence-corrected chi connectivity index (χ2v) is 7.10. The number of aliphatic hydroxyl groups is 1. The number of hydrogen-bond acceptors (Lipinski definition) is 5. The van der Waals surface area contributed by atoms with Gasteiger partial charge in [0, 0.05) is 12.2 Å². The van der Waals surface area contributed by atoms with E-state index in [0.29, 0.717) is 27.6 Å². The van der Waals surface area contributed by atoms with Gasteiger partial charge < -0.3 is 20.5 Å². The highest BCUT2D eigenvalue weighted by atomic mass is 35.5. The maximum atomic E-state index is 12.7. The molecule has 2 rings (SSSR count). The number of carbonyl (C=O) groups is 1.